The highest BCUT2D eigenvalue weighted by Crippen LogP contribution is 2.21. The minimum atomic E-state index is -0.840. The Balaban J connectivity index is 1.53. The van der Waals surface area contributed by atoms with Gasteiger partial charge in [-0.25, -0.2) is 13.6 Å². The molecule has 0 bridgehead atoms. The molecular weight excluding hydrogens is 584 g/mol. The van der Waals surface area contributed by atoms with Gasteiger partial charge in [-0.2, -0.15) is 0 Å². The number of hydrogen-bond donors (Lipinski definition) is 2. The zero-order valence-electron chi connectivity index (χ0n) is 26.8. The lowest BCUT2D eigenvalue weighted by molar-refractivity contribution is 0.0238. The van der Waals surface area contributed by atoms with Gasteiger partial charge in [-0.05, 0) is 90.4 Å². The van der Waals surface area contributed by atoms with E-state index >= 15 is 0 Å². The monoisotopic (exact) mass is 627 g/mol. The van der Waals surface area contributed by atoms with Gasteiger partial charge in [-0.15, -0.1) is 0 Å². The molecule has 0 spiro atoms. The second-order valence-electron chi connectivity index (χ2n) is 11.7. The number of rotatable bonds is 15. The molecule has 0 saturated heterocycles. The topological polar surface area (TPSA) is 84.7 Å². The minimum absolute atomic E-state index is 0.0817. The van der Waals surface area contributed by atoms with Gasteiger partial charge in [0.2, 0.25) is 0 Å². The van der Waals surface area contributed by atoms with Crippen LogP contribution in [0.1, 0.15) is 64.1 Å². The lowest BCUT2D eigenvalue weighted by atomic mass is 10.0. The smallest absolute Gasteiger partial charge is 0.338 e. The van der Waals surface area contributed by atoms with Crippen LogP contribution in [0.4, 0.5) is 8.78 Å². The number of benzene rings is 4. The molecule has 2 unspecified atom stereocenters. The van der Waals surface area contributed by atoms with Gasteiger partial charge in [-0.1, -0.05) is 62.4 Å². The van der Waals surface area contributed by atoms with Crippen molar-refractivity contribution in [2.24, 2.45) is 5.73 Å². The molecule has 4 aromatic carbocycles. The molecule has 4 rings (SSSR count). The number of hydrogen-bond acceptors (Lipinski definition) is 5. The molecule has 2 atom stereocenters. The van der Waals surface area contributed by atoms with Crippen molar-refractivity contribution >= 4 is 11.9 Å². The number of carbonyl (C=O) groups is 2. The summed E-state index contributed by atoms with van der Waals surface area (Å²) in [5.74, 6) is -2.18. The van der Waals surface area contributed by atoms with Crippen molar-refractivity contribution in [3.05, 3.63) is 130 Å². The molecule has 0 fully saturated rings. The fraction of sp³-hybridized carbons (Fsp3) is 0.316. The van der Waals surface area contributed by atoms with Crippen LogP contribution in [0.2, 0.25) is 0 Å². The number of nitrogens with two attached hydrogens (primary N) is 1. The number of amides is 1. The molecule has 0 heterocycles. The lowest BCUT2D eigenvalue weighted by Gasteiger charge is -2.25. The van der Waals surface area contributed by atoms with E-state index in [0.29, 0.717) is 30.8 Å². The van der Waals surface area contributed by atoms with Gasteiger partial charge >= 0.3 is 5.97 Å². The third kappa shape index (κ3) is 9.80. The van der Waals surface area contributed by atoms with E-state index in [9.17, 15) is 18.4 Å². The van der Waals surface area contributed by atoms with Gasteiger partial charge in [-0.3, -0.25) is 4.79 Å². The SMILES string of the molecule is CCCN(CCC)C(=O)c1cc(C)cc(C(=O)OC(CNCc2cccc(-c3ccccc3)c2)C(N)Cc2cc(F)cc(F)c2)c1. The summed E-state index contributed by atoms with van der Waals surface area (Å²) in [5, 5.41) is 3.34. The molecule has 1 amide bonds. The highest BCUT2D eigenvalue weighted by atomic mass is 19.1. The molecule has 242 valence electrons. The van der Waals surface area contributed by atoms with Crippen molar-refractivity contribution in [2.75, 3.05) is 19.6 Å². The van der Waals surface area contributed by atoms with Crippen LogP contribution in [0.5, 0.6) is 0 Å². The van der Waals surface area contributed by atoms with E-state index in [4.69, 9.17) is 10.5 Å². The Morgan fingerprint density at radius 3 is 2.13 bits per heavy atom. The van der Waals surface area contributed by atoms with E-state index in [1.165, 1.54) is 12.1 Å². The lowest BCUT2D eigenvalue weighted by Crippen LogP contribution is -2.46. The van der Waals surface area contributed by atoms with Crippen LogP contribution in [-0.2, 0) is 17.7 Å². The number of esters is 1. The predicted molar refractivity (Wildman–Crippen MR) is 178 cm³/mol. The van der Waals surface area contributed by atoms with Crippen molar-refractivity contribution in [2.45, 2.75) is 58.7 Å². The Hall–Kier alpha value is -4.40. The highest BCUT2D eigenvalue weighted by Gasteiger charge is 2.25. The zero-order valence-corrected chi connectivity index (χ0v) is 26.8. The normalized spacial score (nSPS) is 12.4. The molecule has 0 aliphatic rings. The molecule has 4 aromatic rings. The molecule has 0 aromatic heterocycles. The Kier molecular flexibility index (Phi) is 12.6. The summed E-state index contributed by atoms with van der Waals surface area (Å²) >= 11 is 0. The fourth-order valence-electron chi connectivity index (χ4n) is 5.53. The van der Waals surface area contributed by atoms with Crippen LogP contribution in [-0.4, -0.2) is 48.6 Å². The Morgan fingerprint density at radius 2 is 1.46 bits per heavy atom. The van der Waals surface area contributed by atoms with Crippen LogP contribution in [0.15, 0.2) is 91.0 Å². The first kappa shape index (κ1) is 34.5. The van der Waals surface area contributed by atoms with Crippen LogP contribution in [0, 0.1) is 18.6 Å². The van der Waals surface area contributed by atoms with Gasteiger partial charge in [0.15, 0.2) is 0 Å². The number of halogens is 2. The largest absolute Gasteiger partial charge is 0.456 e. The highest BCUT2D eigenvalue weighted by molar-refractivity contribution is 5.98. The summed E-state index contributed by atoms with van der Waals surface area (Å²) in [4.78, 5) is 28.7. The second-order valence-corrected chi connectivity index (χ2v) is 11.7. The fourth-order valence-corrected chi connectivity index (χ4v) is 5.53. The van der Waals surface area contributed by atoms with Gasteiger partial charge in [0, 0.05) is 43.9 Å². The maximum absolute atomic E-state index is 13.9. The van der Waals surface area contributed by atoms with Crippen molar-refractivity contribution in [1.29, 1.82) is 0 Å². The average molecular weight is 628 g/mol. The average Bonchev–Trinajstić information content (AvgIpc) is 3.03. The molecule has 0 aliphatic heterocycles. The Labute approximate surface area is 270 Å². The number of ether oxygens (including phenoxy) is 1. The van der Waals surface area contributed by atoms with Crippen molar-refractivity contribution < 1.29 is 23.1 Å². The first-order chi connectivity index (χ1) is 22.2. The maximum Gasteiger partial charge on any atom is 0.338 e. The van der Waals surface area contributed by atoms with Crippen molar-refractivity contribution in [1.82, 2.24) is 10.2 Å². The van der Waals surface area contributed by atoms with Gasteiger partial charge in [0.05, 0.1) is 5.56 Å². The predicted octanol–water partition coefficient (Wildman–Crippen LogP) is 7.09. The van der Waals surface area contributed by atoms with Crippen LogP contribution >= 0.6 is 0 Å². The maximum atomic E-state index is 13.9. The van der Waals surface area contributed by atoms with Gasteiger partial charge < -0.3 is 20.7 Å². The molecule has 46 heavy (non-hydrogen) atoms. The summed E-state index contributed by atoms with van der Waals surface area (Å²) in [5.41, 5.74) is 11.5. The first-order valence-corrected chi connectivity index (χ1v) is 15.8. The molecular formula is C38H43F2N3O3. The molecule has 3 N–H and O–H groups in total. The van der Waals surface area contributed by atoms with E-state index in [1.807, 2.05) is 69.3 Å². The van der Waals surface area contributed by atoms with Gasteiger partial charge in [0.1, 0.15) is 17.7 Å². The molecule has 6 nitrogen and oxygen atoms in total. The summed E-state index contributed by atoms with van der Waals surface area (Å²) in [6, 6.07) is 25.6. The zero-order chi connectivity index (χ0) is 33.1. The van der Waals surface area contributed by atoms with Crippen molar-refractivity contribution in [3.8, 4) is 11.1 Å². The van der Waals surface area contributed by atoms with E-state index in [1.54, 1.807) is 23.1 Å². The number of carbonyl (C=O) groups excluding carboxylic acids is 2. The quantitative estimate of drug-likeness (QED) is 0.138. The van der Waals surface area contributed by atoms with E-state index in [0.717, 1.165) is 41.2 Å². The summed E-state index contributed by atoms with van der Waals surface area (Å²) < 4.78 is 33.9. The third-order valence-electron chi connectivity index (χ3n) is 7.67. The molecule has 0 radical (unpaired) electrons. The molecule has 8 heteroatoms. The van der Waals surface area contributed by atoms with Crippen LogP contribution < -0.4 is 11.1 Å². The van der Waals surface area contributed by atoms with Gasteiger partial charge in [0.25, 0.3) is 5.91 Å². The summed E-state index contributed by atoms with van der Waals surface area (Å²) in [6.45, 7) is 7.78. The molecule has 0 aliphatic carbocycles. The first-order valence-electron chi connectivity index (χ1n) is 15.8. The van der Waals surface area contributed by atoms with E-state index < -0.39 is 29.7 Å². The minimum Gasteiger partial charge on any atom is -0.456 e. The van der Waals surface area contributed by atoms with Crippen molar-refractivity contribution in [3.63, 3.8) is 0 Å². The van der Waals surface area contributed by atoms with E-state index in [2.05, 4.69) is 11.4 Å². The standard InChI is InChI=1S/C38H43F2N3O3/c1-4-14-43(15-5-2)37(44)31-16-26(3)17-32(22-31)38(45)46-36(35(41)21-28-19-33(39)23-34(40)20-28)25-42-24-27-10-9-13-30(18-27)29-11-7-6-8-12-29/h6-13,16-20,22-23,35-36,42H,4-5,14-15,21,24-25,41H2,1-3H3. The van der Waals surface area contributed by atoms with Crippen LogP contribution in [0.3, 0.4) is 0 Å². The summed E-state index contributed by atoms with van der Waals surface area (Å²) in [6.07, 6.45) is 0.890. The Bertz CT molecular complexity index is 1590. The number of nitrogens with one attached hydrogen (secondary N) is 1. The Morgan fingerprint density at radius 1 is 0.804 bits per heavy atom. The van der Waals surface area contributed by atoms with E-state index in [-0.39, 0.29) is 24.4 Å². The second kappa shape index (κ2) is 16.8. The third-order valence-corrected chi connectivity index (χ3v) is 7.67. The summed E-state index contributed by atoms with van der Waals surface area (Å²) in [7, 11) is 0. The van der Waals surface area contributed by atoms with Crippen LogP contribution in [0.25, 0.3) is 11.1 Å². The number of aryl methyl sites for hydroxylation is 1. The molecule has 0 saturated carbocycles. The number of nitrogens with zero attached hydrogens (tertiary/aromatic N) is 1.